The van der Waals surface area contributed by atoms with Crippen LogP contribution in [0, 0.1) is 12.3 Å². The smallest absolute Gasteiger partial charge is 0.409 e. The Kier molecular flexibility index (Phi) is 4.08. The molecule has 0 bridgehead atoms. The molecule has 3 rings (SSSR count). The minimum atomic E-state index is -5.11. The van der Waals surface area contributed by atoms with E-state index in [1.54, 1.807) is 54.6 Å². The van der Waals surface area contributed by atoms with E-state index in [1.165, 1.54) is 0 Å². The highest BCUT2D eigenvalue weighted by Gasteiger charge is 2.44. The van der Waals surface area contributed by atoms with Gasteiger partial charge in [-0.15, -0.1) is 4.58 Å². The fourth-order valence-corrected chi connectivity index (χ4v) is 2.44. The van der Waals surface area contributed by atoms with Crippen molar-refractivity contribution in [3.8, 4) is 0 Å². The Balaban J connectivity index is 2.31. The summed E-state index contributed by atoms with van der Waals surface area (Å²) < 4.78 is 45.3. The van der Waals surface area contributed by atoms with Crippen molar-refractivity contribution in [1.82, 2.24) is 0 Å². The lowest BCUT2D eigenvalue weighted by Crippen LogP contribution is -2.29. The molecule has 0 aromatic heterocycles. The van der Waals surface area contributed by atoms with Gasteiger partial charge in [0.05, 0.1) is 11.3 Å². The van der Waals surface area contributed by atoms with Gasteiger partial charge in [-0.05, 0) is 19.1 Å². The summed E-state index contributed by atoms with van der Waals surface area (Å²) >= 11 is 0. The Labute approximate surface area is 141 Å². The number of allylic oxidation sites excluding steroid dienone is 1. The number of rotatable bonds is 2. The molecule has 0 amide bonds. The lowest BCUT2D eigenvalue weighted by molar-refractivity contribution is -0.417. The first-order chi connectivity index (χ1) is 11.8. The van der Waals surface area contributed by atoms with Gasteiger partial charge in [-0.1, -0.05) is 35.9 Å². The quantitative estimate of drug-likeness (QED) is 0.670. The van der Waals surface area contributed by atoms with Crippen LogP contribution in [0.1, 0.15) is 11.1 Å². The van der Waals surface area contributed by atoms with Crippen LogP contribution in [0.3, 0.4) is 0 Å². The summed E-state index contributed by atoms with van der Waals surface area (Å²) in [5.41, 5.74) is 0.816. The van der Waals surface area contributed by atoms with Crippen molar-refractivity contribution in [3.05, 3.63) is 77.2 Å². The molecule has 4 nitrogen and oxygen atoms in total. The molecule has 0 radical (unpaired) electrons. The van der Waals surface area contributed by atoms with Gasteiger partial charge < -0.3 is 9.84 Å². The zero-order valence-corrected chi connectivity index (χ0v) is 13.1. The van der Waals surface area contributed by atoms with E-state index >= 15 is 0 Å². The molecular formula is C18H13F3N2O2. The van der Waals surface area contributed by atoms with E-state index in [4.69, 9.17) is 10.1 Å². The number of alkyl halides is 3. The van der Waals surface area contributed by atoms with E-state index in [-0.39, 0.29) is 5.90 Å². The number of hydrogen-bond acceptors (Lipinski definition) is 3. The number of ether oxygens (including phenoxy) is 1. The van der Waals surface area contributed by atoms with Crippen LogP contribution in [0.2, 0.25) is 0 Å². The van der Waals surface area contributed by atoms with Crippen LogP contribution in [-0.2, 0) is 4.74 Å². The summed E-state index contributed by atoms with van der Waals surface area (Å²) in [6, 6.07) is 14.9. The van der Waals surface area contributed by atoms with Crippen molar-refractivity contribution in [1.29, 1.82) is 5.41 Å². The first-order valence-electron chi connectivity index (χ1n) is 7.33. The number of nitrogens with one attached hydrogen (secondary N) is 1. The monoisotopic (exact) mass is 346 g/mol. The second-order valence-electron chi connectivity index (χ2n) is 5.45. The van der Waals surface area contributed by atoms with Crippen molar-refractivity contribution in [2.45, 2.75) is 13.1 Å². The molecule has 25 heavy (non-hydrogen) atoms. The Morgan fingerprint density at radius 1 is 1.04 bits per heavy atom. The molecule has 1 aliphatic heterocycles. The Morgan fingerprint density at radius 2 is 1.64 bits per heavy atom. The van der Waals surface area contributed by atoms with Crippen molar-refractivity contribution >= 4 is 17.5 Å². The fourth-order valence-electron chi connectivity index (χ4n) is 2.44. The lowest BCUT2D eigenvalue weighted by Gasteiger charge is -2.15. The summed E-state index contributed by atoms with van der Waals surface area (Å²) in [6.07, 6.45) is -5.11. The van der Waals surface area contributed by atoms with E-state index < -0.39 is 23.5 Å². The standard InChI is InChI=1S/C18H13F3N2O2/c1-11-7-9-13(10-8-11)23-14(15(24)18(19,20)21)16(22)25-17(23)12-5-3-2-4-6-12/h2-10H,1H3,(H-,22,24). The molecule has 0 fully saturated rings. The van der Waals surface area contributed by atoms with Crippen LogP contribution in [0.25, 0.3) is 0 Å². The van der Waals surface area contributed by atoms with Crippen molar-refractivity contribution in [2.75, 3.05) is 0 Å². The summed E-state index contributed by atoms with van der Waals surface area (Å²) in [5.74, 6) is -2.96. The van der Waals surface area contributed by atoms with E-state index in [0.29, 0.717) is 11.3 Å². The number of hydrogen-bond donors (Lipinski definition) is 1. The van der Waals surface area contributed by atoms with Crippen LogP contribution in [0.5, 0.6) is 0 Å². The predicted octanol–water partition coefficient (Wildman–Crippen LogP) is 3.23. The first-order valence-corrected chi connectivity index (χ1v) is 7.33. The molecule has 0 unspecified atom stereocenters. The second-order valence-corrected chi connectivity index (χ2v) is 5.45. The number of halogens is 3. The maximum absolute atomic E-state index is 13.0. The zero-order valence-electron chi connectivity index (χ0n) is 13.1. The molecule has 2 aromatic carbocycles. The van der Waals surface area contributed by atoms with Gasteiger partial charge in [0.25, 0.3) is 11.6 Å². The average Bonchev–Trinajstić information content (AvgIpc) is 2.92. The molecule has 0 saturated heterocycles. The van der Waals surface area contributed by atoms with Gasteiger partial charge in [-0.25, -0.2) is 0 Å². The highest BCUT2D eigenvalue weighted by atomic mass is 19.4. The summed E-state index contributed by atoms with van der Waals surface area (Å²) in [6.45, 7) is 1.83. The van der Waals surface area contributed by atoms with Crippen molar-refractivity contribution in [2.24, 2.45) is 0 Å². The fraction of sp³-hybridized carbons (Fsp3) is 0.111. The SMILES string of the molecule is Cc1ccc([N+]2=C(c3ccccc3)OC(=N)/C2=C(/[O-])C(F)(F)F)cc1. The first kappa shape index (κ1) is 16.8. The highest BCUT2D eigenvalue weighted by molar-refractivity contribution is 6.08. The van der Waals surface area contributed by atoms with Crippen LogP contribution in [0.15, 0.2) is 66.1 Å². The van der Waals surface area contributed by atoms with Gasteiger partial charge >= 0.3 is 12.1 Å². The third-order valence-corrected chi connectivity index (χ3v) is 3.63. The Morgan fingerprint density at radius 3 is 2.20 bits per heavy atom. The summed E-state index contributed by atoms with van der Waals surface area (Å²) in [7, 11) is 0. The normalized spacial score (nSPS) is 16.9. The van der Waals surface area contributed by atoms with Gasteiger partial charge in [0, 0.05) is 12.1 Å². The minimum absolute atomic E-state index is 0.0120. The third-order valence-electron chi connectivity index (χ3n) is 3.63. The molecule has 7 heteroatoms. The summed E-state index contributed by atoms with van der Waals surface area (Å²) in [5, 5.41) is 19.6. The number of benzene rings is 2. The van der Waals surface area contributed by atoms with Crippen LogP contribution >= 0.6 is 0 Å². The number of aryl methyl sites for hydroxylation is 1. The van der Waals surface area contributed by atoms with Gasteiger partial charge in [-0.3, -0.25) is 5.41 Å². The molecule has 0 spiro atoms. The highest BCUT2D eigenvalue weighted by Crippen LogP contribution is 2.32. The van der Waals surface area contributed by atoms with E-state index in [1.807, 2.05) is 6.92 Å². The van der Waals surface area contributed by atoms with Gasteiger partial charge in [-0.2, -0.15) is 13.2 Å². The van der Waals surface area contributed by atoms with Gasteiger partial charge in [0.2, 0.25) is 5.69 Å². The zero-order chi connectivity index (χ0) is 18.2. The van der Waals surface area contributed by atoms with Crippen molar-refractivity contribution in [3.63, 3.8) is 0 Å². The molecule has 0 saturated carbocycles. The average molecular weight is 346 g/mol. The topological polar surface area (TPSA) is 59.2 Å². The van der Waals surface area contributed by atoms with Crippen LogP contribution in [0.4, 0.5) is 18.9 Å². The summed E-state index contributed by atoms with van der Waals surface area (Å²) in [4.78, 5) is 0. The molecule has 1 heterocycles. The van der Waals surface area contributed by atoms with Crippen LogP contribution in [-0.4, -0.2) is 22.5 Å². The van der Waals surface area contributed by atoms with Crippen molar-refractivity contribution < 1.29 is 27.6 Å². The second kappa shape index (κ2) is 6.08. The number of nitrogens with zero attached hydrogens (tertiary/aromatic N) is 1. The minimum Gasteiger partial charge on any atom is -0.865 e. The maximum atomic E-state index is 13.0. The molecule has 0 atom stereocenters. The Hall–Kier alpha value is -3.09. The lowest BCUT2D eigenvalue weighted by atomic mass is 10.2. The molecule has 1 aliphatic rings. The maximum Gasteiger partial charge on any atom is 0.409 e. The van der Waals surface area contributed by atoms with E-state index in [0.717, 1.165) is 10.1 Å². The van der Waals surface area contributed by atoms with Crippen LogP contribution < -0.4 is 5.11 Å². The largest absolute Gasteiger partial charge is 0.865 e. The molecule has 2 aromatic rings. The van der Waals surface area contributed by atoms with Gasteiger partial charge in [0.15, 0.2) is 0 Å². The predicted molar refractivity (Wildman–Crippen MR) is 83.5 cm³/mol. The van der Waals surface area contributed by atoms with Gasteiger partial charge in [0.1, 0.15) is 0 Å². The molecular weight excluding hydrogens is 333 g/mol. The molecule has 0 aliphatic carbocycles. The molecule has 1 N–H and O–H groups in total. The molecule has 128 valence electrons. The van der Waals surface area contributed by atoms with E-state index in [2.05, 4.69) is 0 Å². The third kappa shape index (κ3) is 3.13. The Bertz CT molecular complexity index is 883. The van der Waals surface area contributed by atoms with E-state index in [9.17, 15) is 18.3 Å².